The summed E-state index contributed by atoms with van der Waals surface area (Å²) in [6.45, 7) is 1.45. The van der Waals surface area contributed by atoms with Gasteiger partial charge in [-0.15, -0.1) is 0 Å². The largest absolute Gasteiger partial charge is 0.495 e. The summed E-state index contributed by atoms with van der Waals surface area (Å²) in [5, 5.41) is 2.82. The molecule has 6 heteroatoms. The van der Waals surface area contributed by atoms with E-state index in [0.29, 0.717) is 5.75 Å². The van der Waals surface area contributed by atoms with Crippen molar-refractivity contribution in [1.29, 1.82) is 0 Å². The second-order valence-corrected chi connectivity index (χ2v) is 5.38. The molecular weight excluding hydrogens is 352 g/mol. The van der Waals surface area contributed by atoms with E-state index in [0.717, 1.165) is 34.1 Å². The van der Waals surface area contributed by atoms with Gasteiger partial charge in [-0.05, 0) is 44.3 Å². The Kier molecular flexibility index (Phi) is 3.93. The van der Waals surface area contributed by atoms with E-state index in [4.69, 9.17) is 4.74 Å². The van der Waals surface area contributed by atoms with Crippen LogP contribution in [0.25, 0.3) is 0 Å². The fraction of sp³-hybridized carbons (Fsp3) is 0.364. The Hall–Kier alpha value is -0.750. The van der Waals surface area contributed by atoms with Crippen LogP contribution in [-0.2, 0) is 0 Å². The number of carbonyl (C=O) groups is 1. The molecule has 1 N–H and O–H groups in total. The molecule has 1 aromatic rings. The molecule has 0 saturated carbocycles. The molecule has 0 radical (unpaired) electrons. The zero-order valence-corrected chi connectivity index (χ0v) is 12.5. The number of rotatable bonds is 2. The fourth-order valence-corrected chi connectivity index (χ4v) is 3.11. The Morgan fingerprint density at radius 2 is 2.12 bits per heavy atom. The van der Waals surface area contributed by atoms with Crippen molar-refractivity contribution in [3.63, 3.8) is 0 Å². The first kappa shape index (κ1) is 12.7. The second kappa shape index (κ2) is 5.27. The van der Waals surface area contributed by atoms with Crippen LogP contribution in [0.2, 0.25) is 0 Å². The maximum Gasteiger partial charge on any atom is 0.321 e. The van der Waals surface area contributed by atoms with E-state index >= 15 is 0 Å². The molecule has 92 valence electrons. The fourth-order valence-electron chi connectivity index (χ4n) is 1.74. The molecule has 1 aliphatic rings. The quantitative estimate of drug-likeness (QED) is 0.876. The van der Waals surface area contributed by atoms with Gasteiger partial charge < -0.3 is 10.1 Å². The van der Waals surface area contributed by atoms with Crippen LogP contribution in [0.3, 0.4) is 0 Å². The number of anilines is 1. The van der Waals surface area contributed by atoms with Crippen molar-refractivity contribution in [2.45, 2.75) is 6.42 Å². The van der Waals surface area contributed by atoms with Gasteiger partial charge in [0.2, 0.25) is 0 Å². The first-order valence-electron chi connectivity index (χ1n) is 5.22. The zero-order valence-electron chi connectivity index (χ0n) is 9.30. The number of hydrogen-bond donors (Lipinski definition) is 1. The number of nitrogens with one attached hydrogen (secondary N) is 1. The zero-order chi connectivity index (χ0) is 12.4. The van der Waals surface area contributed by atoms with Crippen LogP contribution in [0, 0.1) is 0 Å². The van der Waals surface area contributed by atoms with Gasteiger partial charge in [-0.3, -0.25) is 4.90 Å². The van der Waals surface area contributed by atoms with Crippen molar-refractivity contribution in [1.82, 2.24) is 5.32 Å². The highest BCUT2D eigenvalue weighted by molar-refractivity contribution is 9.11. The number of methoxy groups -OCH3 is 1. The number of carbonyl (C=O) groups excluding carboxylic acids is 1. The van der Waals surface area contributed by atoms with Crippen LogP contribution >= 0.6 is 31.9 Å². The summed E-state index contributed by atoms with van der Waals surface area (Å²) in [5.74, 6) is 0.710. The minimum Gasteiger partial charge on any atom is -0.495 e. The average molecular weight is 364 g/mol. The average Bonchev–Trinajstić information content (AvgIpc) is 2.31. The molecule has 2 amide bonds. The molecule has 4 nitrogen and oxygen atoms in total. The van der Waals surface area contributed by atoms with Gasteiger partial charge in [-0.1, -0.05) is 0 Å². The SMILES string of the molecule is COc1cc(N2CCCNC2=O)c(Br)cc1Br. The van der Waals surface area contributed by atoms with Gasteiger partial charge in [0.25, 0.3) is 0 Å². The van der Waals surface area contributed by atoms with E-state index in [1.807, 2.05) is 12.1 Å². The molecule has 1 aromatic carbocycles. The van der Waals surface area contributed by atoms with E-state index < -0.39 is 0 Å². The van der Waals surface area contributed by atoms with E-state index in [1.54, 1.807) is 12.0 Å². The Morgan fingerprint density at radius 3 is 2.76 bits per heavy atom. The predicted octanol–water partition coefficient (Wildman–Crippen LogP) is 3.14. The molecule has 1 aliphatic heterocycles. The van der Waals surface area contributed by atoms with Crippen molar-refractivity contribution in [3.8, 4) is 5.75 Å². The maximum absolute atomic E-state index is 11.8. The molecule has 0 bridgehead atoms. The highest BCUT2D eigenvalue weighted by Crippen LogP contribution is 2.37. The van der Waals surface area contributed by atoms with Crippen molar-refractivity contribution in [3.05, 3.63) is 21.1 Å². The molecule has 0 spiro atoms. The molecule has 0 aliphatic carbocycles. The third kappa shape index (κ3) is 2.57. The summed E-state index contributed by atoms with van der Waals surface area (Å²) in [7, 11) is 1.61. The minimum atomic E-state index is -0.0682. The standard InChI is InChI=1S/C11H12Br2N2O2/c1-17-10-6-9(7(12)5-8(10)13)15-4-2-3-14-11(15)16/h5-6H,2-4H2,1H3,(H,14,16). The Morgan fingerprint density at radius 1 is 1.35 bits per heavy atom. The van der Waals surface area contributed by atoms with Crippen LogP contribution in [-0.4, -0.2) is 26.2 Å². The van der Waals surface area contributed by atoms with Crippen molar-refractivity contribution in [2.75, 3.05) is 25.1 Å². The summed E-state index contributed by atoms with van der Waals surface area (Å²) in [5.41, 5.74) is 0.822. The summed E-state index contributed by atoms with van der Waals surface area (Å²) in [4.78, 5) is 13.5. The molecule has 1 fully saturated rings. The number of hydrogen-bond acceptors (Lipinski definition) is 2. The number of nitrogens with zero attached hydrogens (tertiary/aromatic N) is 1. The van der Waals surface area contributed by atoms with Gasteiger partial charge in [0, 0.05) is 23.6 Å². The van der Waals surface area contributed by atoms with E-state index in [2.05, 4.69) is 37.2 Å². The third-order valence-electron chi connectivity index (χ3n) is 2.59. The molecule has 0 unspecified atom stereocenters. The van der Waals surface area contributed by atoms with Crippen LogP contribution in [0.5, 0.6) is 5.75 Å². The van der Waals surface area contributed by atoms with Crippen LogP contribution in [0.4, 0.5) is 10.5 Å². The molecular formula is C11H12Br2N2O2. The van der Waals surface area contributed by atoms with Gasteiger partial charge in [0.1, 0.15) is 5.75 Å². The second-order valence-electron chi connectivity index (χ2n) is 3.68. The molecule has 0 aromatic heterocycles. The summed E-state index contributed by atoms with van der Waals surface area (Å²) >= 11 is 6.87. The van der Waals surface area contributed by atoms with E-state index in [-0.39, 0.29) is 6.03 Å². The number of ether oxygens (including phenoxy) is 1. The lowest BCUT2D eigenvalue weighted by Crippen LogP contribution is -2.46. The highest BCUT2D eigenvalue weighted by Gasteiger charge is 2.22. The number of halogens is 2. The number of benzene rings is 1. The lowest BCUT2D eigenvalue weighted by molar-refractivity contribution is 0.243. The summed E-state index contributed by atoms with van der Waals surface area (Å²) < 4.78 is 6.96. The van der Waals surface area contributed by atoms with Crippen LogP contribution in [0.1, 0.15) is 6.42 Å². The van der Waals surface area contributed by atoms with Gasteiger partial charge in [0.05, 0.1) is 17.3 Å². The Balaban J connectivity index is 2.40. The molecule has 2 rings (SSSR count). The smallest absolute Gasteiger partial charge is 0.321 e. The summed E-state index contributed by atoms with van der Waals surface area (Å²) in [6, 6.07) is 3.66. The topological polar surface area (TPSA) is 41.6 Å². The normalized spacial score (nSPS) is 15.7. The lowest BCUT2D eigenvalue weighted by atomic mass is 10.2. The van der Waals surface area contributed by atoms with Gasteiger partial charge in [-0.2, -0.15) is 0 Å². The van der Waals surface area contributed by atoms with Crippen molar-refractivity contribution in [2.24, 2.45) is 0 Å². The minimum absolute atomic E-state index is 0.0682. The molecule has 1 heterocycles. The third-order valence-corrected chi connectivity index (χ3v) is 3.85. The predicted molar refractivity (Wildman–Crippen MR) is 73.8 cm³/mol. The maximum atomic E-state index is 11.8. The van der Waals surface area contributed by atoms with Crippen LogP contribution in [0.15, 0.2) is 21.1 Å². The van der Waals surface area contributed by atoms with E-state index in [1.165, 1.54) is 0 Å². The Bertz CT molecular complexity index is 451. The summed E-state index contributed by atoms with van der Waals surface area (Å²) in [6.07, 6.45) is 0.941. The van der Waals surface area contributed by atoms with Gasteiger partial charge in [-0.25, -0.2) is 4.79 Å². The molecule has 0 atom stereocenters. The first-order chi connectivity index (χ1) is 8.13. The van der Waals surface area contributed by atoms with E-state index in [9.17, 15) is 4.79 Å². The number of amides is 2. The molecule has 17 heavy (non-hydrogen) atoms. The molecule has 1 saturated heterocycles. The highest BCUT2D eigenvalue weighted by atomic mass is 79.9. The monoisotopic (exact) mass is 362 g/mol. The number of urea groups is 1. The van der Waals surface area contributed by atoms with Gasteiger partial charge in [0.15, 0.2) is 0 Å². The van der Waals surface area contributed by atoms with Crippen molar-refractivity contribution < 1.29 is 9.53 Å². The van der Waals surface area contributed by atoms with Crippen LogP contribution < -0.4 is 15.0 Å². The Labute approximate surface area is 117 Å². The lowest BCUT2D eigenvalue weighted by Gasteiger charge is -2.28. The van der Waals surface area contributed by atoms with Crippen molar-refractivity contribution >= 4 is 43.6 Å². The van der Waals surface area contributed by atoms with Gasteiger partial charge >= 0.3 is 6.03 Å². The first-order valence-corrected chi connectivity index (χ1v) is 6.80.